The van der Waals surface area contributed by atoms with Gasteiger partial charge in [0.15, 0.2) is 5.96 Å². The molecule has 0 spiro atoms. The van der Waals surface area contributed by atoms with Crippen LogP contribution in [0.5, 0.6) is 0 Å². The first kappa shape index (κ1) is 21.6. The zero-order valence-electron chi connectivity index (χ0n) is 17.6. The smallest absolute Gasteiger partial charge is 0.241 e. The van der Waals surface area contributed by atoms with Crippen LogP contribution >= 0.6 is 0 Å². The summed E-state index contributed by atoms with van der Waals surface area (Å²) in [5.41, 5.74) is 1.72. The average Bonchev–Trinajstić information content (AvgIpc) is 2.76. The quantitative estimate of drug-likeness (QED) is 0.567. The second kappa shape index (κ2) is 10.6. The molecule has 2 N–H and O–H groups in total. The molecule has 3 rings (SSSR count). The monoisotopic (exact) mass is 411 g/mol. The molecule has 0 aliphatic carbocycles. The van der Waals surface area contributed by atoms with Gasteiger partial charge in [-0.3, -0.25) is 4.79 Å². The number of rotatable bonds is 6. The van der Waals surface area contributed by atoms with Crippen molar-refractivity contribution in [2.24, 2.45) is 4.99 Å². The fourth-order valence-electron chi connectivity index (χ4n) is 3.44. The van der Waals surface area contributed by atoms with Crippen LogP contribution in [-0.4, -0.2) is 56.5 Å². The van der Waals surface area contributed by atoms with Crippen LogP contribution in [0.15, 0.2) is 59.6 Å². The molecule has 1 amide bonds. The van der Waals surface area contributed by atoms with E-state index in [0.717, 1.165) is 24.9 Å². The summed E-state index contributed by atoms with van der Waals surface area (Å²) in [5.74, 6) is 0.362. The molecule has 0 saturated carbocycles. The number of nitrogens with zero attached hydrogens (tertiary/aromatic N) is 3. The molecule has 2 aromatic rings. The van der Waals surface area contributed by atoms with E-state index in [1.807, 2.05) is 42.5 Å². The molecule has 1 unspecified atom stereocenters. The van der Waals surface area contributed by atoms with Crippen molar-refractivity contribution in [2.45, 2.75) is 25.4 Å². The largest absolute Gasteiger partial charge is 0.367 e. The van der Waals surface area contributed by atoms with E-state index in [9.17, 15) is 9.18 Å². The minimum atomic E-state index is -0.203. The molecule has 1 atom stereocenters. The number of benzene rings is 2. The number of carbonyl (C=O) groups excluding carboxylic acids is 1. The van der Waals surface area contributed by atoms with E-state index in [4.69, 9.17) is 0 Å². The van der Waals surface area contributed by atoms with Crippen molar-refractivity contribution in [3.8, 4) is 0 Å². The fourth-order valence-corrected chi connectivity index (χ4v) is 3.44. The van der Waals surface area contributed by atoms with Crippen LogP contribution in [0.2, 0.25) is 0 Å². The van der Waals surface area contributed by atoms with Gasteiger partial charge < -0.3 is 20.4 Å². The normalized spacial score (nSPS) is 16.8. The van der Waals surface area contributed by atoms with E-state index < -0.39 is 0 Å². The molecule has 6 nitrogen and oxygen atoms in total. The molecule has 0 bridgehead atoms. The summed E-state index contributed by atoms with van der Waals surface area (Å²) in [6.45, 7) is 2.17. The van der Waals surface area contributed by atoms with Crippen LogP contribution in [0.1, 0.15) is 18.4 Å². The first-order valence-corrected chi connectivity index (χ1v) is 10.3. The van der Waals surface area contributed by atoms with E-state index in [2.05, 4.69) is 20.5 Å². The van der Waals surface area contributed by atoms with Gasteiger partial charge in [0.2, 0.25) is 5.91 Å². The van der Waals surface area contributed by atoms with Crippen molar-refractivity contribution in [2.75, 3.05) is 38.6 Å². The topological polar surface area (TPSA) is 60.0 Å². The van der Waals surface area contributed by atoms with Gasteiger partial charge >= 0.3 is 0 Å². The molecule has 1 aliphatic heterocycles. The number of para-hydroxylation sites is 1. The van der Waals surface area contributed by atoms with E-state index in [-0.39, 0.29) is 24.3 Å². The van der Waals surface area contributed by atoms with Crippen LogP contribution in [0.4, 0.5) is 10.1 Å². The summed E-state index contributed by atoms with van der Waals surface area (Å²) >= 11 is 0. The Morgan fingerprint density at radius 2 is 1.90 bits per heavy atom. The van der Waals surface area contributed by atoms with Crippen molar-refractivity contribution in [3.63, 3.8) is 0 Å². The molecule has 160 valence electrons. The number of nitrogens with one attached hydrogen (secondary N) is 2. The SMILES string of the molecule is CN(C)C(=O)CNC(=NCc1ccccc1)NC1CCCN(c2ccccc2F)C1. The van der Waals surface area contributed by atoms with E-state index in [1.54, 1.807) is 25.1 Å². The molecule has 7 heteroatoms. The number of amides is 1. The summed E-state index contributed by atoms with van der Waals surface area (Å²) in [6.07, 6.45) is 1.91. The molecule has 0 aromatic heterocycles. The minimum Gasteiger partial charge on any atom is -0.367 e. The maximum atomic E-state index is 14.2. The van der Waals surface area contributed by atoms with Crippen molar-refractivity contribution in [1.29, 1.82) is 0 Å². The highest BCUT2D eigenvalue weighted by molar-refractivity contribution is 5.86. The lowest BCUT2D eigenvalue weighted by Gasteiger charge is -2.35. The van der Waals surface area contributed by atoms with E-state index in [1.165, 1.54) is 6.07 Å². The highest BCUT2D eigenvalue weighted by atomic mass is 19.1. The number of hydrogen-bond acceptors (Lipinski definition) is 3. The van der Waals surface area contributed by atoms with Gasteiger partial charge in [0.25, 0.3) is 0 Å². The third-order valence-corrected chi connectivity index (χ3v) is 5.12. The molecular formula is C23H30FN5O. The van der Waals surface area contributed by atoms with Gasteiger partial charge in [-0.05, 0) is 30.5 Å². The number of likely N-dealkylation sites (N-methyl/N-ethyl adjacent to an activating group) is 1. The van der Waals surface area contributed by atoms with Gasteiger partial charge in [0, 0.05) is 33.2 Å². The first-order valence-electron chi connectivity index (χ1n) is 10.3. The molecule has 0 radical (unpaired) electrons. The minimum absolute atomic E-state index is 0.0270. The number of halogens is 1. The van der Waals surface area contributed by atoms with Crippen molar-refractivity contribution < 1.29 is 9.18 Å². The molecule has 1 fully saturated rings. The summed E-state index contributed by atoms with van der Waals surface area (Å²) in [6, 6.07) is 17.0. The summed E-state index contributed by atoms with van der Waals surface area (Å²) in [5, 5.41) is 6.58. The van der Waals surface area contributed by atoms with Crippen molar-refractivity contribution in [3.05, 3.63) is 66.0 Å². The molecule has 1 heterocycles. The predicted octanol–water partition coefficient (Wildman–Crippen LogP) is 2.62. The van der Waals surface area contributed by atoms with Crippen LogP contribution in [0, 0.1) is 5.82 Å². The maximum absolute atomic E-state index is 14.2. The Balaban J connectivity index is 1.67. The summed E-state index contributed by atoms with van der Waals surface area (Å²) < 4.78 is 14.2. The van der Waals surface area contributed by atoms with Crippen molar-refractivity contribution >= 4 is 17.6 Å². The van der Waals surface area contributed by atoms with Gasteiger partial charge in [-0.15, -0.1) is 0 Å². The Kier molecular flexibility index (Phi) is 7.65. The van der Waals surface area contributed by atoms with Crippen LogP contribution in [0.3, 0.4) is 0 Å². The van der Waals surface area contributed by atoms with Gasteiger partial charge in [0.05, 0.1) is 18.8 Å². The zero-order valence-corrected chi connectivity index (χ0v) is 17.6. The standard InChI is InChI=1S/C23H30FN5O/c1-28(2)22(30)16-26-23(25-15-18-9-4-3-5-10-18)27-19-11-8-14-29(17-19)21-13-7-6-12-20(21)24/h3-7,9-10,12-13,19H,8,11,14-17H2,1-2H3,(H2,25,26,27). The highest BCUT2D eigenvalue weighted by Gasteiger charge is 2.23. The molecular weight excluding hydrogens is 381 g/mol. The molecule has 30 heavy (non-hydrogen) atoms. The second-order valence-electron chi connectivity index (χ2n) is 7.67. The average molecular weight is 412 g/mol. The molecule has 2 aromatic carbocycles. The molecule has 1 aliphatic rings. The second-order valence-corrected chi connectivity index (χ2v) is 7.67. The maximum Gasteiger partial charge on any atom is 0.241 e. The van der Waals surface area contributed by atoms with Gasteiger partial charge in [-0.1, -0.05) is 42.5 Å². The number of aliphatic imine (C=N–C) groups is 1. The van der Waals surface area contributed by atoms with Crippen LogP contribution in [-0.2, 0) is 11.3 Å². The third-order valence-electron chi connectivity index (χ3n) is 5.12. The number of piperidine rings is 1. The Bertz CT molecular complexity index is 856. The van der Waals surface area contributed by atoms with Crippen LogP contribution < -0.4 is 15.5 Å². The number of guanidine groups is 1. The van der Waals surface area contributed by atoms with Crippen molar-refractivity contribution in [1.82, 2.24) is 15.5 Å². The lowest BCUT2D eigenvalue weighted by atomic mass is 10.0. The van der Waals surface area contributed by atoms with Gasteiger partial charge in [-0.25, -0.2) is 9.38 Å². The summed E-state index contributed by atoms with van der Waals surface area (Å²) in [7, 11) is 3.46. The lowest BCUT2D eigenvalue weighted by Crippen LogP contribution is -2.52. The van der Waals surface area contributed by atoms with Gasteiger partial charge in [0.1, 0.15) is 5.82 Å². The summed E-state index contributed by atoms with van der Waals surface area (Å²) in [4.78, 5) is 20.3. The zero-order chi connectivity index (χ0) is 21.3. The lowest BCUT2D eigenvalue weighted by molar-refractivity contribution is -0.127. The number of anilines is 1. The predicted molar refractivity (Wildman–Crippen MR) is 119 cm³/mol. The Morgan fingerprint density at radius 1 is 1.17 bits per heavy atom. The van der Waals surface area contributed by atoms with Gasteiger partial charge in [-0.2, -0.15) is 0 Å². The van der Waals surface area contributed by atoms with E-state index in [0.29, 0.717) is 24.7 Å². The Morgan fingerprint density at radius 3 is 2.63 bits per heavy atom. The molecule has 1 saturated heterocycles. The number of hydrogen-bond donors (Lipinski definition) is 2. The third kappa shape index (κ3) is 6.20. The highest BCUT2D eigenvalue weighted by Crippen LogP contribution is 2.22. The first-order chi connectivity index (χ1) is 14.5. The Hall–Kier alpha value is -3.09. The fraction of sp³-hybridized carbons (Fsp3) is 0.391. The van der Waals surface area contributed by atoms with E-state index >= 15 is 0 Å². The number of carbonyl (C=O) groups is 1. The Labute approximate surface area is 177 Å². The van der Waals surface area contributed by atoms with Crippen LogP contribution in [0.25, 0.3) is 0 Å².